The standard InChI is InChI=1S/C24H23NO4/c1-24(22(26)27,25-23(28)29-17-18-11-5-2-6-12-18)21(19-13-7-3-8-14-19)20-15-9-4-10-16-20/h2-16,21H,17H2,1H3,(H,25,28)(H,26,27). The molecule has 0 aliphatic carbocycles. The minimum absolute atomic E-state index is 0.0592. The normalized spacial score (nSPS) is 12.8. The van der Waals surface area contributed by atoms with E-state index in [0.717, 1.165) is 16.7 Å². The fourth-order valence-corrected chi connectivity index (χ4v) is 3.37. The average Bonchev–Trinajstić information content (AvgIpc) is 2.74. The Morgan fingerprint density at radius 2 is 1.31 bits per heavy atom. The van der Waals surface area contributed by atoms with Crippen LogP contribution in [0.5, 0.6) is 0 Å². The Kier molecular flexibility index (Phi) is 6.29. The Morgan fingerprint density at radius 1 is 0.862 bits per heavy atom. The van der Waals surface area contributed by atoms with Gasteiger partial charge in [0.2, 0.25) is 0 Å². The summed E-state index contributed by atoms with van der Waals surface area (Å²) in [6.45, 7) is 1.56. The van der Waals surface area contributed by atoms with E-state index in [1.54, 1.807) is 0 Å². The summed E-state index contributed by atoms with van der Waals surface area (Å²) < 4.78 is 5.28. The van der Waals surface area contributed by atoms with Gasteiger partial charge in [-0.15, -0.1) is 0 Å². The first-order valence-corrected chi connectivity index (χ1v) is 9.33. The summed E-state index contributed by atoms with van der Waals surface area (Å²) in [5.41, 5.74) is 0.775. The van der Waals surface area contributed by atoms with Crippen molar-refractivity contribution in [2.24, 2.45) is 0 Å². The second kappa shape index (κ2) is 9.06. The molecule has 0 spiro atoms. The van der Waals surface area contributed by atoms with E-state index in [-0.39, 0.29) is 6.61 Å². The first-order valence-electron chi connectivity index (χ1n) is 9.33. The lowest BCUT2D eigenvalue weighted by molar-refractivity contribution is -0.144. The molecule has 148 valence electrons. The van der Waals surface area contributed by atoms with Crippen molar-refractivity contribution >= 4 is 12.1 Å². The van der Waals surface area contributed by atoms with E-state index in [2.05, 4.69) is 5.32 Å². The molecule has 3 aromatic carbocycles. The van der Waals surface area contributed by atoms with Gasteiger partial charge in [0.25, 0.3) is 0 Å². The summed E-state index contributed by atoms with van der Waals surface area (Å²) in [5.74, 6) is -1.75. The molecule has 29 heavy (non-hydrogen) atoms. The number of aliphatic carboxylic acids is 1. The molecule has 3 rings (SSSR count). The van der Waals surface area contributed by atoms with Crippen LogP contribution in [-0.2, 0) is 16.1 Å². The van der Waals surface area contributed by atoms with E-state index in [1.807, 2.05) is 91.0 Å². The van der Waals surface area contributed by atoms with Gasteiger partial charge < -0.3 is 15.2 Å². The molecule has 3 aromatic rings. The Bertz CT molecular complexity index is 905. The maximum absolute atomic E-state index is 12.5. The van der Waals surface area contributed by atoms with Crippen molar-refractivity contribution in [1.29, 1.82) is 0 Å². The number of carbonyl (C=O) groups excluding carboxylic acids is 1. The zero-order valence-corrected chi connectivity index (χ0v) is 16.1. The summed E-state index contributed by atoms with van der Waals surface area (Å²) in [4.78, 5) is 24.9. The fourth-order valence-electron chi connectivity index (χ4n) is 3.37. The summed E-state index contributed by atoms with van der Waals surface area (Å²) in [5, 5.41) is 12.7. The van der Waals surface area contributed by atoms with Crippen LogP contribution in [0.3, 0.4) is 0 Å². The molecule has 0 bridgehead atoms. The lowest BCUT2D eigenvalue weighted by Gasteiger charge is -2.35. The number of amides is 1. The number of hydrogen-bond acceptors (Lipinski definition) is 3. The molecule has 1 unspecified atom stereocenters. The number of carboxylic acids is 1. The Morgan fingerprint density at radius 3 is 1.76 bits per heavy atom. The first-order chi connectivity index (χ1) is 14.0. The van der Waals surface area contributed by atoms with Gasteiger partial charge in [-0.1, -0.05) is 91.0 Å². The Hall–Kier alpha value is -3.60. The number of rotatable bonds is 7. The molecule has 0 radical (unpaired) electrons. The van der Waals surface area contributed by atoms with Crippen LogP contribution in [0.15, 0.2) is 91.0 Å². The van der Waals surface area contributed by atoms with Gasteiger partial charge in [-0.05, 0) is 23.6 Å². The zero-order valence-electron chi connectivity index (χ0n) is 16.1. The van der Waals surface area contributed by atoms with Crippen molar-refractivity contribution < 1.29 is 19.4 Å². The Labute approximate surface area is 170 Å². The quantitative estimate of drug-likeness (QED) is 0.620. The maximum atomic E-state index is 12.5. The first kappa shape index (κ1) is 20.1. The molecule has 0 heterocycles. The third-order valence-electron chi connectivity index (χ3n) is 4.86. The van der Waals surface area contributed by atoms with Crippen LogP contribution in [0.4, 0.5) is 4.79 Å². The topological polar surface area (TPSA) is 75.6 Å². The van der Waals surface area contributed by atoms with E-state index >= 15 is 0 Å². The van der Waals surface area contributed by atoms with Crippen LogP contribution in [-0.4, -0.2) is 22.7 Å². The van der Waals surface area contributed by atoms with E-state index in [9.17, 15) is 14.7 Å². The van der Waals surface area contributed by atoms with Gasteiger partial charge in [-0.3, -0.25) is 0 Å². The molecule has 0 fully saturated rings. The lowest BCUT2D eigenvalue weighted by atomic mass is 9.76. The largest absolute Gasteiger partial charge is 0.479 e. The molecule has 0 saturated carbocycles. The smallest absolute Gasteiger partial charge is 0.408 e. The van der Waals surface area contributed by atoms with Gasteiger partial charge in [0, 0.05) is 5.92 Å². The van der Waals surface area contributed by atoms with Crippen molar-refractivity contribution in [2.45, 2.75) is 25.0 Å². The maximum Gasteiger partial charge on any atom is 0.408 e. The number of hydrogen-bond donors (Lipinski definition) is 2. The minimum atomic E-state index is -1.61. The molecule has 1 amide bonds. The molecule has 1 atom stereocenters. The summed E-state index contributed by atoms with van der Waals surface area (Å²) in [7, 11) is 0. The molecular formula is C24H23NO4. The highest BCUT2D eigenvalue weighted by atomic mass is 16.5. The van der Waals surface area contributed by atoms with Crippen molar-refractivity contribution in [1.82, 2.24) is 5.32 Å². The third-order valence-corrected chi connectivity index (χ3v) is 4.86. The SMILES string of the molecule is CC(NC(=O)OCc1ccccc1)(C(=O)O)C(c1ccccc1)c1ccccc1. The molecular weight excluding hydrogens is 366 g/mol. The number of nitrogens with one attached hydrogen (secondary N) is 1. The number of carboxylic acid groups (broad SMARTS) is 1. The zero-order chi connectivity index (χ0) is 20.7. The van der Waals surface area contributed by atoms with Gasteiger partial charge >= 0.3 is 12.1 Å². The fraction of sp³-hybridized carbons (Fsp3) is 0.167. The van der Waals surface area contributed by atoms with Crippen LogP contribution in [0, 0.1) is 0 Å². The van der Waals surface area contributed by atoms with Crippen LogP contribution in [0.2, 0.25) is 0 Å². The van der Waals surface area contributed by atoms with Gasteiger partial charge in [-0.25, -0.2) is 9.59 Å². The second-order valence-corrected chi connectivity index (χ2v) is 6.95. The highest BCUT2D eigenvalue weighted by Crippen LogP contribution is 2.35. The van der Waals surface area contributed by atoms with Gasteiger partial charge in [0.15, 0.2) is 0 Å². The van der Waals surface area contributed by atoms with Crippen molar-refractivity contribution in [3.8, 4) is 0 Å². The third kappa shape index (κ3) is 4.82. The van der Waals surface area contributed by atoms with Gasteiger partial charge in [0.05, 0.1) is 0 Å². The lowest BCUT2D eigenvalue weighted by Crippen LogP contribution is -2.56. The Balaban J connectivity index is 1.89. The number of alkyl carbamates (subject to hydrolysis) is 1. The highest BCUT2D eigenvalue weighted by Gasteiger charge is 2.45. The van der Waals surface area contributed by atoms with Crippen LogP contribution >= 0.6 is 0 Å². The van der Waals surface area contributed by atoms with Crippen LogP contribution in [0.25, 0.3) is 0 Å². The average molecular weight is 389 g/mol. The van der Waals surface area contributed by atoms with E-state index in [0.29, 0.717) is 0 Å². The summed E-state index contributed by atoms with van der Waals surface area (Å²) in [6, 6.07) is 27.8. The monoisotopic (exact) mass is 389 g/mol. The van der Waals surface area contributed by atoms with Gasteiger partial charge in [-0.2, -0.15) is 0 Å². The second-order valence-electron chi connectivity index (χ2n) is 6.95. The molecule has 2 N–H and O–H groups in total. The summed E-state index contributed by atoms with van der Waals surface area (Å²) >= 11 is 0. The van der Waals surface area contributed by atoms with Crippen LogP contribution in [0.1, 0.15) is 29.5 Å². The number of benzene rings is 3. The molecule has 0 aliphatic heterocycles. The highest BCUT2D eigenvalue weighted by molar-refractivity contribution is 5.86. The predicted octanol–water partition coefficient (Wildman–Crippen LogP) is 4.59. The molecule has 5 heteroatoms. The summed E-state index contributed by atoms with van der Waals surface area (Å²) in [6.07, 6.45) is -0.782. The predicted molar refractivity (Wildman–Crippen MR) is 111 cm³/mol. The van der Waals surface area contributed by atoms with Crippen molar-refractivity contribution in [2.75, 3.05) is 0 Å². The minimum Gasteiger partial charge on any atom is -0.479 e. The van der Waals surface area contributed by atoms with Gasteiger partial charge in [0.1, 0.15) is 12.1 Å². The van der Waals surface area contributed by atoms with E-state index < -0.39 is 23.5 Å². The number of carbonyl (C=O) groups is 2. The van der Waals surface area contributed by atoms with Crippen molar-refractivity contribution in [3.05, 3.63) is 108 Å². The van der Waals surface area contributed by atoms with Crippen LogP contribution < -0.4 is 5.32 Å². The molecule has 0 saturated heterocycles. The van der Waals surface area contributed by atoms with E-state index in [1.165, 1.54) is 6.92 Å². The number of ether oxygens (including phenoxy) is 1. The van der Waals surface area contributed by atoms with Crippen molar-refractivity contribution in [3.63, 3.8) is 0 Å². The molecule has 0 aromatic heterocycles. The molecule has 0 aliphatic rings. The molecule has 5 nitrogen and oxygen atoms in total. The van der Waals surface area contributed by atoms with E-state index in [4.69, 9.17) is 4.74 Å².